The Balaban J connectivity index is 1.18. The Labute approximate surface area is 458 Å². The van der Waals surface area contributed by atoms with E-state index in [9.17, 15) is 0 Å². The summed E-state index contributed by atoms with van der Waals surface area (Å²) in [5.74, 6) is 0.977. The number of furan rings is 1. The van der Waals surface area contributed by atoms with Gasteiger partial charge in [0.2, 0.25) is 5.88 Å². The second kappa shape index (κ2) is 16.3. The molecule has 0 amide bonds. The van der Waals surface area contributed by atoms with Crippen LogP contribution in [0.2, 0.25) is 0 Å². The summed E-state index contributed by atoms with van der Waals surface area (Å²) in [6.07, 6.45) is 6.99. The molecule has 0 fully saturated rings. The van der Waals surface area contributed by atoms with Gasteiger partial charge >= 0.3 is 0 Å². The van der Waals surface area contributed by atoms with Gasteiger partial charge in [0.1, 0.15) is 5.58 Å². The summed E-state index contributed by atoms with van der Waals surface area (Å²) in [5.41, 5.74) is 27.3. The van der Waals surface area contributed by atoms with Gasteiger partial charge in [-0.15, -0.1) is 0 Å². The van der Waals surface area contributed by atoms with Gasteiger partial charge in [-0.1, -0.05) is 179 Å². The zero-order valence-corrected chi connectivity index (χ0v) is 50.1. The van der Waals surface area contributed by atoms with Crippen LogP contribution in [0.15, 0.2) is 101 Å². The molecule has 76 heavy (non-hydrogen) atoms. The molecule has 3 heterocycles. The Hall–Kier alpha value is -5.48. The molecule has 0 unspecified atom stereocenters. The summed E-state index contributed by atoms with van der Waals surface area (Å²) < 4.78 is 7.68. The van der Waals surface area contributed by atoms with E-state index >= 15 is 0 Å². The van der Waals surface area contributed by atoms with Crippen molar-refractivity contribution in [3.63, 3.8) is 0 Å². The second-order valence-electron chi connectivity index (χ2n) is 30.7. The fourth-order valence-corrected chi connectivity index (χ4v) is 14.8. The third-order valence-corrected chi connectivity index (χ3v) is 20.3. The zero-order chi connectivity index (χ0) is 54.4. The lowest BCUT2D eigenvalue weighted by Gasteiger charge is -2.47. The average Bonchev–Trinajstić information content (AvgIpc) is 3.88. The molecule has 0 radical (unpaired) electrons. The molecule has 12 rings (SSSR count). The van der Waals surface area contributed by atoms with Crippen molar-refractivity contribution < 1.29 is 4.42 Å². The Morgan fingerprint density at radius 2 is 0.974 bits per heavy atom. The molecule has 6 aromatic carbocycles. The van der Waals surface area contributed by atoms with Gasteiger partial charge in [-0.25, -0.2) is 0 Å². The summed E-state index contributed by atoms with van der Waals surface area (Å²) in [4.78, 5) is 5.33. The predicted octanol–water partition coefficient (Wildman–Crippen LogP) is 18.0. The molecule has 394 valence electrons. The van der Waals surface area contributed by atoms with E-state index in [4.69, 9.17) is 4.42 Å². The van der Waals surface area contributed by atoms with E-state index in [2.05, 4.69) is 238 Å². The maximum absolute atomic E-state index is 7.68. The van der Waals surface area contributed by atoms with Crippen LogP contribution in [0, 0.1) is 6.92 Å². The number of aryl methyl sites for hydroxylation is 1. The van der Waals surface area contributed by atoms with Gasteiger partial charge in [-0.05, 0) is 209 Å². The van der Waals surface area contributed by atoms with E-state index in [0.717, 1.165) is 50.1 Å². The standard InChI is InChI=1S/C72H87BN2O/c1-43-34-59-63-60(35-43)75(48-26-27-51-52(37-48)68(10,11)29-28-67(51,8)9)64-62(50-38-53-56(41-61(50)76-64)72(18,19)33-30-69(53,12)13)73(63)57-39-54-55(71(16,17)32-31-70(54,14)15)40-58(57)74(59)42-45-22-25-47(66(5,6)7)36-49(45)44-20-23-46(24-21-44)65(2,3)4/h20-27,34-41H,28-33,42H2,1-19H3. The monoisotopic (exact) mass is 1010 g/mol. The minimum atomic E-state index is -0.0473. The largest absolute Gasteiger partial charge is 0.440 e. The molecule has 0 saturated heterocycles. The first-order chi connectivity index (χ1) is 35.3. The number of fused-ring (bicyclic) bond motifs is 9. The number of hydrogen-bond acceptors (Lipinski definition) is 3. The fraction of sp³-hybridized carbons (Fsp3) is 0.472. The smallest absolute Gasteiger partial charge is 0.257 e. The van der Waals surface area contributed by atoms with Crippen LogP contribution >= 0.6 is 0 Å². The molecule has 0 bridgehead atoms. The maximum atomic E-state index is 7.68. The molecule has 2 aliphatic heterocycles. The summed E-state index contributed by atoms with van der Waals surface area (Å²) in [5, 5.41) is 1.27. The van der Waals surface area contributed by atoms with Gasteiger partial charge in [-0.3, -0.25) is 4.90 Å². The van der Waals surface area contributed by atoms with E-state index in [1.54, 1.807) is 0 Å². The molecule has 0 saturated carbocycles. The molecule has 3 aliphatic carbocycles. The van der Waals surface area contributed by atoms with Crippen LogP contribution in [0.1, 0.15) is 219 Å². The Kier molecular flexibility index (Phi) is 11.0. The van der Waals surface area contributed by atoms with Gasteiger partial charge in [0.25, 0.3) is 6.71 Å². The lowest BCUT2D eigenvalue weighted by molar-refractivity contribution is 0.332. The minimum Gasteiger partial charge on any atom is -0.440 e. The molecule has 3 nitrogen and oxygen atoms in total. The number of benzene rings is 6. The molecule has 7 aromatic rings. The Morgan fingerprint density at radius 1 is 0.474 bits per heavy atom. The topological polar surface area (TPSA) is 19.6 Å². The first kappa shape index (κ1) is 51.3. The SMILES string of the molecule is Cc1cc2c3c(c1)N(c1ccc4c(c1)C(C)(C)CCC4(C)C)c1oc4cc5c(cc4c1B3c1cc3c(cc1N2Cc1ccc(C(C)(C)C)cc1-c1ccc(C(C)(C)C)cc1)C(C)(C)CCC3(C)C)C(C)(C)CCC5(C)C. The van der Waals surface area contributed by atoms with Crippen molar-refractivity contribution in [3.8, 4) is 11.1 Å². The van der Waals surface area contributed by atoms with Crippen molar-refractivity contribution in [1.82, 2.24) is 0 Å². The van der Waals surface area contributed by atoms with Gasteiger partial charge < -0.3 is 9.32 Å². The third-order valence-electron chi connectivity index (χ3n) is 20.3. The van der Waals surface area contributed by atoms with Crippen LogP contribution in [-0.2, 0) is 49.9 Å². The maximum Gasteiger partial charge on any atom is 0.257 e. The fourth-order valence-electron chi connectivity index (χ4n) is 14.8. The molecular weight excluding hydrogens is 920 g/mol. The van der Waals surface area contributed by atoms with Crippen molar-refractivity contribution in [1.29, 1.82) is 0 Å². The average molecular weight is 1010 g/mol. The highest BCUT2D eigenvalue weighted by molar-refractivity contribution is 7.01. The van der Waals surface area contributed by atoms with Gasteiger partial charge in [-0.2, -0.15) is 0 Å². The third kappa shape index (κ3) is 7.85. The van der Waals surface area contributed by atoms with Crippen molar-refractivity contribution >= 4 is 62.7 Å². The lowest BCUT2D eigenvalue weighted by Crippen LogP contribution is -2.62. The second-order valence-corrected chi connectivity index (χ2v) is 30.7. The summed E-state index contributed by atoms with van der Waals surface area (Å²) in [6, 6.07) is 39.8. The van der Waals surface area contributed by atoms with E-state index in [1.165, 1.54) is 118 Å². The van der Waals surface area contributed by atoms with Crippen LogP contribution in [0.5, 0.6) is 0 Å². The minimum absolute atomic E-state index is 0.00294. The predicted molar refractivity (Wildman–Crippen MR) is 328 cm³/mol. The highest BCUT2D eigenvalue weighted by Crippen LogP contribution is 2.54. The van der Waals surface area contributed by atoms with Crippen LogP contribution in [0.4, 0.5) is 28.6 Å². The van der Waals surface area contributed by atoms with E-state index < -0.39 is 0 Å². The van der Waals surface area contributed by atoms with Gasteiger partial charge in [0.15, 0.2) is 0 Å². The van der Waals surface area contributed by atoms with Crippen molar-refractivity contribution in [2.45, 2.75) is 220 Å². The summed E-state index contributed by atoms with van der Waals surface area (Å²) >= 11 is 0. The molecule has 0 atom stereocenters. The van der Waals surface area contributed by atoms with Gasteiger partial charge in [0.05, 0.1) is 0 Å². The van der Waals surface area contributed by atoms with E-state index in [1.807, 2.05) is 0 Å². The van der Waals surface area contributed by atoms with Crippen molar-refractivity contribution in [3.05, 3.63) is 153 Å². The molecule has 0 spiro atoms. The molecule has 4 heteroatoms. The van der Waals surface area contributed by atoms with E-state index in [-0.39, 0.29) is 50.0 Å². The Bertz CT molecular complexity index is 3560. The molecule has 0 N–H and O–H groups in total. The van der Waals surface area contributed by atoms with Gasteiger partial charge in [0, 0.05) is 40.1 Å². The molecule has 5 aliphatic rings. The first-order valence-electron chi connectivity index (χ1n) is 29.2. The number of hydrogen-bond donors (Lipinski definition) is 0. The number of anilines is 5. The molecule has 1 aromatic heterocycles. The zero-order valence-electron chi connectivity index (χ0n) is 50.1. The number of nitrogens with zero attached hydrogens (tertiary/aromatic N) is 2. The van der Waals surface area contributed by atoms with Crippen LogP contribution in [0.3, 0.4) is 0 Å². The van der Waals surface area contributed by atoms with Crippen LogP contribution < -0.4 is 26.2 Å². The number of rotatable bonds is 4. The van der Waals surface area contributed by atoms with Crippen molar-refractivity contribution in [2.75, 3.05) is 9.80 Å². The lowest BCUT2D eigenvalue weighted by atomic mass is 9.33. The summed E-state index contributed by atoms with van der Waals surface area (Å²) in [6.45, 7) is 46.7. The Morgan fingerprint density at radius 3 is 1.55 bits per heavy atom. The highest BCUT2D eigenvalue weighted by atomic mass is 16.4. The van der Waals surface area contributed by atoms with Crippen LogP contribution in [0.25, 0.3) is 22.1 Å². The quantitative estimate of drug-likeness (QED) is 0.164. The molecular formula is C72H87BN2O. The van der Waals surface area contributed by atoms with Crippen LogP contribution in [-0.4, -0.2) is 6.71 Å². The highest BCUT2D eigenvalue weighted by Gasteiger charge is 2.50. The van der Waals surface area contributed by atoms with Crippen molar-refractivity contribution in [2.24, 2.45) is 0 Å². The normalized spacial score (nSPS) is 20.1. The summed E-state index contributed by atoms with van der Waals surface area (Å²) in [7, 11) is 0. The van der Waals surface area contributed by atoms with E-state index in [0.29, 0.717) is 0 Å². The first-order valence-corrected chi connectivity index (χ1v) is 29.2.